The van der Waals surface area contributed by atoms with Gasteiger partial charge in [-0.1, -0.05) is 6.07 Å². The van der Waals surface area contributed by atoms with Crippen molar-refractivity contribution in [2.45, 2.75) is 19.8 Å². The van der Waals surface area contributed by atoms with E-state index < -0.39 is 0 Å². The molecule has 0 bridgehead atoms. The van der Waals surface area contributed by atoms with E-state index in [1.165, 1.54) is 0 Å². The molecule has 6 nitrogen and oxygen atoms in total. The summed E-state index contributed by atoms with van der Waals surface area (Å²) in [5.41, 5.74) is 1.76. The topological polar surface area (TPSA) is 61.9 Å². The van der Waals surface area contributed by atoms with E-state index in [2.05, 4.69) is 10.2 Å². The molecule has 132 valence electrons. The summed E-state index contributed by atoms with van der Waals surface area (Å²) >= 11 is 0. The highest BCUT2D eigenvalue weighted by Gasteiger charge is 2.26. The van der Waals surface area contributed by atoms with Crippen LogP contribution in [0.15, 0.2) is 18.2 Å². The van der Waals surface area contributed by atoms with Gasteiger partial charge in [0.25, 0.3) is 0 Å². The Balaban J connectivity index is 1.86. The van der Waals surface area contributed by atoms with Crippen LogP contribution in [-0.4, -0.2) is 62.5 Å². The highest BCUT2D eigenvalue weighted by atomic mass is 16.5. The van der Waals surface area contributed by atoms with Crippen LogP contribution in [-0.2, 0) is 9.59 Å². The fourth-order valence-electron chi connectivity index (χ4n) is 3.02. The van der Waals surface area contributed by atoms with Crippen molar-refractivity contribution in [2.24, 2.45) is 5.92 Å². The van der Waals surface area contributed by atoms with E-state index in [1.54, 1.807) is 26.1 Å². The third kappa shape index (κ3) is 4.71. The molecule has 2 amide bonds. The number of methoxy groups -OCH3 is 1. The second-order valence-corrected chi connectivity index (χ2v) is 6.54. The van der Waals surface area contributed by atoms with Gasteiger partial charge in [-0.15, -0.1) is 0 Å². The van der Waals surface area contributed by atoms with Crippen LogP contribution in [0.3, 0.4) is 0 Å². The van der Waals surface area contributed by atoms with Crippen LogP contribution in [0.4, 0.5) is 5.69 Å². The lowest BCUT2D eigenvalue weighted by Crippen LogP contribution is -2.43. The zero-order chi connectivity index (χ0) is 17.7. The molecule has 0 saturated carbocycles. The van der Waals surface area contributed by atoms with Crippen LogP contribution in [0.5, 0.6) is 5.75 Å². The molecule has 0 aromatic heterocycles. The van der Waals surface area contributed by atoms with E-state index in [0.29, 0.717) is 18.0 Å². The number of anilines is 1. The summed E-state index contributed by atoms with van der Waals surface area (Å²) in [7, 11) is 5.17. The molecule has 24 heavy (non-hydrogen) atoms. The van der Waals surface area contributed by atoms with Gasteiger partial charge in [-0.25, -0.2) is 0 Å². The Morgan fingerprint density at radius 3 is 2.54 bits per heavy atom. The van der Waals surface area contributed by atoms with E-state index in [1.807, 2.05) is 25.1 Å². The predicted octanol–water partition coefficient (Wildman–Crippen LogP) is 1.74. The van der Waals surface area contributed by atoms with Gasteiger partial charge in [0, 0.05) is 20.0 Å². The van der Waals surface area contributed by atoms with Gasteiger partial charge in [0.1, 0.15) is 5.75 Å². The third-order valence-corrected chi connectivity index (χ3v) is 4.37. The van der Waals surface area contributed by atoms with Gasteiger partial charge < -0.3 is 15.0 Å². The maximum Gasteiger partial charge on any atom is 0.238 e. The quantitative estimate of drug-likeness (QED) is 0.892. The largest absolute Gasteiger partial charge is 0.495 e. The van der Waals surface area contributed by atoms with E-state index >= 15 is 0 Å². The van der Waals surface area contributed by atoms with Crippen LogP contribution >= 0.6 is 0 Å². The number of hydrogen-bond donors (Lipinski definition) is 1. The van der Waals surface area contributed by atoms with E-state index in [9.17, 15) is 9.59 Å². The van der Waals surface area contributed by atoms with Crippen LogP contribution in [0.25, 0.3) is 0 Å². The fourth-order valence-corrected chi connectivity index (χ4v) is 3.02. The van der Waals surface area contributed by atoms with Crippen molar-refractivity contribution in [2.75, 3.05) is 46.2 Å². The summed E-state index contributed by atoms with van der Waals surface area (Å²) in [5, 5.41) is 2.92. The van der Waals surface area contributed by atoms with Gasteiger partial charge in [-0.05, 0) is 50.6 Å². The number of piperidine rings is 1. The number of rotatable bonds is 5. The second kappa shape index (κ2) is 8.15. The fraction of sp³-hybridized carbons (Fsp3) is 0.556. The molecule has 1 aliphatic rings. The number of benzene rings is 1. The summed E-state index contributed by atoms with van der Waals surface area (Å²) < 4.78 is 5.28. The number of amides is 2. The molecule has 1 fully saturated rings. The molecule has 1 N–H and O–H groups in total. The number of carbonyl (C=O) groups is 2. The third-order valence-electron chi connectivity index (χ3n) is 4.37. The molecule has 1 aliphatic heterocycles. The average molecular weight is 333 g/mol. The van der Waals surface area contributed by atoms with Crippen molar-refractivity contribution in [1.82, 2.24) is 9.80 Å². The predicted molar refractivity (Wildman–Crippen MR) is 94.2 cm³/mol. The zero-order valence-electron chi connectivity index (χ0n) is 15.0. The monoisotopic (exact) mass is 333 g/mol. The maximum absolute atomic E-state index is 12.3. The van der Waals surface area contributed by atoms with E-state index in [0.717, 1.165) is 31.5 Å². The molecular weight excluding hydrogens is 306 g/mol. The van der Waals surface area contributed by atoms with Crippen LogP contribution in [0, 0.1) is 12.8 Å². The molecule has 0 spiro atoms. The van der Waals surface area contributed by atoms with Crippen molar-refractivity contribution in [3.8, 4) is 5.75 Å². The van der Waals surface area contributed by atoms with Crippen molar-refractivity contribution in [1.29, 1.82) is 0 Å². The first-order valence-electron chi connectivity index (χ1n) is 8.28. The number of nitrogens with zero attached hydrogens (tertiary/aromatic N) is 2. The summed E-state index contributed by atoms with van der Waals surface area (Å²) in [6.45, 7) is 3.84. The smallest absolute Gasteiger partial charge is 0.238 e. The molecule has 0 atom stereocenters. The standard InChI is InChI=1S/C18H27N3O3/c1-13-5-6-16(24-4)15(11-13)19-17(22)12-21-9-7-14(8-10-21)18(23)20(2)3/h5-6,11,14H,7-10,12H2,1-4H3,(H,19,22). The molecule has 1 aromatic rings. The van der Waals surface area contributed by atoms with Gasteiger partial charge in [0.2, 0.25) is 11.8 Å². The minimum absolute atomic E-state index is 0.0590. The highest BCUT2D eigenvalue weighted by molar-refractivity contribution is 5.93. The van der Waals surface area contributed by atoms with Crippen molar-refractivity contribution < 1.29 is 14.3 Å². The van der Waals surface area contributed by atoms with Crippen LogP contribution < -0.4 is 10.1 Å². The number of aryl methyl sites for hydroxylation is 1. The lowest BCUT2D eigenvalue weighted by atomic mass is 9.95. The Bertz CT molecular complexity index is 593. The van der Waals surface area contributed by atoms with Crippen molar-refractivity contribution >= 4 is 17.5 Å². The van der Waals surface area contributed by atoms with Crippen molar-refractivity contribution in [3.05, 3.63) is 23.8 Å². The van der Waals surface area contributed by atoms with Gasteiger partial charge in [-0.2, -0.15) is 0 Å². The Kier molecular flexibility index (Phi) is 6.20. The lowest BCUT2D eigenvalue weighted by Gasteiger charge is -2.31. The Morgan fingerprint density at radius 1 is 1.29 bits per heavy atom. The molecule has 1 saturated heterocycles. The normalized spacial score (nSPS) is 15.8. The van der Waals surface area contributed by atoms with Crippen LogP contribution in [0.2, 0.25) is 0 Å². The molecule has 1 heterocycles. The number of likely N-dealkylation sites (tertiary alicyclic amines) is 1. The maximum atomic E-state index is 12.3. The first-order chi connectivity index (χ1) is 11.4. The summed E-state index contributed by atoms with van der Waals surface area (Å²) in [5.74, 6) is 0.861. The number of hydrogen-bond acceptors (Lipinski definition) is 4. The van der Waals surface area contributed by atoms with Crippen LogP contribution in [0.1, 0.15) is 18.4 Å². The summed E-state index contributed by atoms with van der Waals surface area (Å²) in [4.78, 5) is 28.0. The van der Waals surface area contributed by atoms with Crippen molar-refractivity contribution in [3.63, 3.8) is 0 Å². The Hall–Kier alpha value is -2.08. The van der Waals surface area contributed by atoms with E-state index in [4.69, 9.17) is 4.74 Å². The average Bonchev–Trinajstić information content (AvgIpc) is 2.55. The molecular formula is C18H27N3O3. The minimum Gasteiger partial charge on any atom is -0.495 e. The second-order valence-electron chi connectivity index (χ2n) is 6.54. The number of nitrogens with one attached hydrogen (secondary N) is 1. The SMILES string of the molecule is COc1ccc(C)cc1NC(=O)CN1CCC(C(=O)N(C)C)CC1. The van der Waals surface area contributed by atoms with Gasteiger partial charge in [-0.3, -0.25) is 14.5 Å². The highest BCUT2D eigenvalue weighted by Crippen LogP contribution is 2.25. The van der Waals surface area contributed by atoms with E-state index in [-0.39, 0.29) is 17.7 Å². The minimum atomic E-state index is -0.0590. The first-order valence-corrected chi connectivity index (χ1v) is 8.28. The summed E-state index contributed by atoms with van der Waals surface area (Å²) in [6.07, 6.45) is 1.61. The van der Waals surface area contributed by atoms with Gasteiger partial charge in [0.15, 0.2) is 0 Å². The molecule has 6 heteroatoms. The Morgan fingerprint density at radius 2 is 1.96 bits per heavy atom. The summed E-state index contributed by atoms with van der Waals surface area (Å²) in [6, 6.07) is 5.70. The molecule has 2 rings (SSSR count). The molecule has 0 aliphatic carbocycles. The van der Waals surface area contributed by atoms with Gasteiger partial charge >= 0.3 is 0 Å². The first kappa shape index (κ1) is 18.3. The van der Waals surface area contributed by atoms with Gasteiger partial charge in [0.05, 0.1) is 19.3 Å². The lowest BCUT2D eigenvalue weighted by molar-refractivity contribution is -0.134. The molecule has 0 unspecified atom stereocenters. The molecule has 0 radical (unpaired) electrons. The number of carbonyl (C=O) groups excluding carboxylic acids is 2. The Labute approximate surface area is 143 Å². The number of ether oxygens (including phenoxy) is 1. The molecule has 1 aromatic carbocycles. The zero-order valence-corrected chi connectivity index (χ0v) is 15.0.